The van der Waals surface area contributed by atoms with E-state index >= 15 is 0 Å². The molecule has 0 saturated heterocycles. The van der Waals surface area contributed by atoms with Gasteiger partial charge >= 0.3 is 0 Å². The summed E-state index contributed by atoms with van der Waals surface area (Å²) in [5, 5.41) is 3.18. The smallest absolute Gasteiger partial charge is 0.141 e. The minimum absolute atomic E-state index is 0.584. The highest BCUT2D eigenvalue weighted by atomic mass is 15.1. The van der Waals surface area contributed by atoms with Gasteiger partial charge in [-0.2, -0.15) is 0 Å². The second-order valence-electron chi connectivity index (χ2n) is 2.47. The van der Waals surface area contributed by atoms with Crippen molar-refractivity contribution < 1.29 is 0 Å². The Labute approximate surface area is 66.4 Å². The summed E-state index contributed by atoms with van der Waals surface area (Å²) >= 11 is 0. The molecule has 0 saturated carbocycles. The maximum Gasteiger partial charge on any atom is 0.141 e. The van der Waals surface area contributed by atoms with Crippen molar-refractivity contribution in [3.63, 3.8) is 0 Å². The van der Waals surface area contributed by atoms with E-state index in [4.69, 9.17) is 5.73 Å². The maximum atomic E-state index is 5.49. The van der Waals surface area contributed by atoms with Crippen LogP contribution in [0.5, 0.6) is 0 Å². The third-order valence-corrected chi connectivity index (χ3v) is 1.52. The van der Waals surface area contributed by atoms with Crippen molar-refractivity contribution >= 4 is 5.82 Å². The fourth-order valence-electron chi connectivity index (χ4n) is 0.931. The van der Waals surface area contributed by atoms with Crippen molar-refractivity contribution in [1.29, 1.82) is 0 Å². The summed E-state index contributed by atoms with van der Waals surface area (Å²) < 4.78 is 1.93. The molecule has 4 nitrogen and oxygen atoms in total. The molecule has 0 aliphatic carbocycles. The van der Waals surface area contributed by atoms with Gasteiger partial charge in [0.1, 0.15) is 11.6 Å². The minimum Gasteiger partial charge on any atom is -0.382 e. The normalized spacial score (nSPS) is 10.4. The van der Waals surface area contributed by atoms with Gasteiger partial charge in [0, 0.05) is 13.2 Å². The molecule has 0 amide bonds. The Morgan fingerprint density at radius 2 is 2.45 bits per heavy atom. The molecule has 1 aromatic rings. The van der Waals surface area contributed by atoms with Crippen LogP contribution in [0.25, 0.3) is 0 Å². The summed E-state index contributed by atoms with van der Waals surface area (Å²) in [5.41, 5.74) is 5.49. The summed E-state index contributed by atoms with van der Waals surface area (Å²) in [6.45, 7) is 3.79. The molecule has 11 heavy (non-hydrogen) atoms. The average molecular weight is 154 g/mol. The molecule has 4 heteroatoms. The predicted octanol–water partition coefficient (Wildman–Crippen LogP) is 0.112. The predicted molar refractivity (Wildman–Crippen MR) is 45.0 cm³/mol. The highest BCUT2D eigenvalue weighted by Crippen LogP contribution is 2.01. The van der Waals surface area contributed by atoms with E-state index in [1.807, 2.05) is 17.8 Å². The van der Waals surface area contributed by atoms with Crippen LogP contribution in [0, 0.1) is 0 Å². The fourth-order valence-corrected chi connectivity index (χ4v) is 0.931. The first-order chi connectivity index (χ1) is 5.24. The number of imidazole rings is 1. The van der Waals surface area contributed by atoms with Gasteiger partial charge in [0.2, 0.25) is 0 Å². The number of hydrogen-bond donors (Lipinski definition) is 2. The quantitative estimate of drug-likeness (QED) is 0.649. The van der Waals surface area contributed by atoms with E-state index in [1.165, 1.54) is 0 Å². The molecule has 0 aliphatic heterocycles. The van der Waals surface area contributed by atoms with E-state index in [2.05, 4.69) is 17.2 Å². The van der Waals surface area contributed by atoms with Crippen molar-refractivity contribution in [3.05, 3.63) is 12.0 Å². The first-order valence-electron chi connectivity index (χ1n) is 3.72. The summed E-state index contributed by atoms with van der Waals surface area (Å²) in [6, 6.07) is 0. The molecule has 0 spiro atoms. The molecular weight excluding hydrogens is 140 g/mol. The number of anilines is 1. The highest BCUT2D eigenvalue weighted by molar-refractivity contribution is 5.25. The van der Waals surface area contributed by atoms with Crippen LogP contribution in [0.2, 0.25) is 0 Å². The summed E-state index contributed by atoms with van der Waals surface area (Å²) in [5.74, 6) is 1.56. The summed E-state index contributed by atoms with van der Waals surface area (Å²) in [7, 11) is 1.94. The van der Waals surface area contributed by atoms with E-state index in [1.54, 1.807) is 0 Å². The lowest BCUT2D eigenvalue weighted by Crippen LogP contribution is -2.14. The topological polar surface area (TPSA) is 55.9 Å². The highest BCUT2D eigenvalue weighted by Gasteiger charge is 1.99. The molecule has 1 heterocycles. The van der Waals surface area contributed by atoms with Crippen LogP contribution in [-0.2, 0) is 13.6 Å². The van der Waals surface area contributed by atoms with Crippen LogP contribution < -0.4 is 11.1 Å². The second-order valence-corrected chi connectivity index (χ2v) is 2.47. The minimum atomic E-state index is 0.584. The Balaban J connectivity index is 2.62. The van der Waals surface area contributed by atoms with E-state index < -0.39 is 0 Å². The Kier molecular flexibility index (Phi) is 2.48. The van der Waals surface area contributed by atoms with E-state index in [0.29, 0.717) is 5.82 Å². The Bertz CT molecular complexity index is 228. The number of hydrogen-bond acceptors (Lipinski definition) is 3. The molecule has 1 aromatic heterocycles. The van der Waals surface area contributed by atoms with Gasteiger partial charge in [-0.15, -0.1) is 0 Å². The Morgan fingerprint density at radius 1 is 1.73 bits per heavy atom. The van der Waals surface area contributed by atoms with Gasteiger partial charge in [-0.25, -0.2) is 4.98 Å². The van der Waals surface area contributed by atoms with Crippen molar-refractivity contribution in [1.82, 2.24) is 14.9 Å². The Morgan fingerprint density at radius 3 is 2.91 bits per heavy atom. The lowest BCUT2D eigenvalue weighted by Gasteiger charge is -2.00. The van der Waals surface area contributed by atoms with Gasteiger partial charge in [0.25, 0.3) is 0 Å². The van der Waals surface area contributed by atoms with Crippen molar-refractivity contribution in [2.45, 2.75) is 13.5 Å². The van der Waals surface area contributed by atoms with E-state index in [-0.39, 0.29) is 0 Å². The van der Waals surface area contributed by atoms with Crippen molar-refractivity contribution in [2.75, 3.05) is 12.3 Å². The van der Waals surface area contributed by atoms with Gasteiger partial charge < -0.3 is 15.6 Å². The number of nitrogens with zero attached hydrogens (tertiary/aromatic N) is 2. The lowest BCUT2D eigenvalue weighted by molar-refractivity contribution is 0.661. The average Bonchev–Trinajstić information content (AvgIpc) is 2.26. The largest absolute Gasteiger partial charge is 0.382 e. The fraction of sp³-hybridized carbons (Fsp3) is 0.571. The third-order valence-electron chi connectivity index (χ3n) is 1.52. The monoisotopic (exact) mass is 154 g/mol. The standard InChI is InChI=1S/C7H14N4/c1-3-9-4-7-10-6(8)5-11(7)2/h5,9H,3-4,8H2,1-2H3. The molecule has 62 valence electrons. The molecule has 0 unspecified atom stereocenters. The number of aryl methyl sites for hydroxylation is 1. The zero-order valence-electron chi connectivity index (χ0n) is 6.96. The first kappa shape index (κ1) is 8.07. The second kappa shape index (κ2) is 3.39. The third kappa shape index (κ3) is 1.94. The van der Waals surface area contributed by atoms with Crippen LogP contribution in [0.3, 0.4) is 0 Å². The lowest BCUT2D eigenvalue weighted by atomic mass is 10.5. The summed E-state index contributed by atoms with van der Waals surface area (Å²) in [4.78, 5) is 4.13. The van der Waals surface area contributed by atoms with Gasteiger partial charge in [0.05, 0.1) is 6.54 Å². The molecule has 0 aliphatic rings. The van der Waals surface area contributed by atoms with Crippen LogP contribution in [-0.4, -0.2) is 16.1 Å². The zero-order valence-corrected chi connectivity index (χ0v) is 6.96. The van der Waals surface area contributed by atoms with Crippen molar-refractivity contribution in [3.8, 4) is 0 Å². The van der Waals surface area contributed by atoms with Crippen molar-refractivity contribution in [2.24, 2.45) is 7.05 Å². The molecule has 3 N–H and O–H groups in total. The maximum absolute atomic E-state index is 5.49. The number of nitrogens with one attached hydrogen (secondary N) is 1. The number of aromatic nitrogens is 2. The number of nitrogens with two attached hydrogens (primary N) is 1. The molecule has 0 atom stereocenters. The van der Waals surface area contributed by atoms with Gasteiger partial charge in [-0.3, -0.25) is 0 Å². The molecule has 1 rings (SSSR count). The molecule has 0 fully saturated rings. The SMILES string of the molecule is CCNCc1nc(N)cn1C. The first-order valence-corrected chi connectivity index (χ1v) is 3.72. The van der Waals surface area contributed by atoms with Crippen LogP contribution in [0.4, 0.5) is 5.82 Å². The van der Waals surface area contributed by atoms with E-state index in [0.717, 1.165) is 18.9 Å². The van der Waals surface area contributed by atoms with Crippen LogP contribution in [0.1, 0.15) is 12.7 Å². The van der Waals surface area contributed by atoms with Gasteiger partial charge in [-0.1, -0.05) is 6.92 Å². The molecular formula is C7H14N4. The number of nitrogen functional groups attached to an aromatic ring is 1. The number of rotatable bonds is 3. The van der Waals surface area contributed by atoms with Gasteiger partial charge in [0.15, 0.2) is 0 Å². The Hall–Kier alpha value is -1.03. The van der Waals surface area contributed by atoms with E-state index in [9.17, 15) is 0 Å². The molecule has 0 bridgehead atoms. The van der Waals surface area contributed by atoms with Gasteiger partial charge in [-0.05, 0) is 6.54 Å². The molecule has 0 radical (unpaired) electrons. The molecule has 0 aromatic carbocycles. The zero-order chi connectivity index (χ0) is 8.27. The van der Waals surface area contributed by atoms with Crippen LogP contribution >= 0.6 is 0 Å². The van der Waals surface area contributed by atoms with Crippen LogP contribution in [0.15, 0.2) is 6.20 Å². The summed E-state index contributed by atoms with van der Waals surface area (Å²) in [6.07, 6.45) is 1.81.